The summed E-state index contributed by atoms with van der Waals surface area (Å²) < 4.78 is 64.6. The highest BCUT2D eigenvalue weighted by atomic mass is 32.2. The van der Waals surface area contributed by atoms with Crippen molar-refractivity contribution in [3.63, 3.8) is 0 Å². The molecule has 3 heterocycles. The maximum atomic E-state index is 13.6. The minimum atomic E-state index is -5.57. The topological polar surface area (TPSA) is 107 Å². The number of nitrogens with zero attached hydrogens (tertiary/aromatic N) is 4. The van der Waals surface area contributed by atoms with Gasteiger partial charge in [-0.25, -0.2) is 17.8 Å². The predicted molar refractivity (Wildman–Crippen MR) is 133 cm³/mol. The first-order valence-corrected chi connectivity index (χ1v) is 12.7. The molecular weight excluding hydrogens is 521 g/mol. The minimum absolute atomic E-state index is 0.00534. The van der Waals surface area contributed by atoms with E-state index in [1.54, 1.807) is 36.7 Å². The van der Waals surface area contributed by atoms with Gasteiger partial charge in [0, 0.05) is 29.9 Å². The van der Waals surface area contributed by atoms with Crippen LogP contribution in [-0.2, 0) is 22.8 Å². The van der Waals surface area contributed by atoms with Crippen LogP contribution in [0.15, 0.2) is 94.9 Å². The second kappa shape index (κ2) is 9.45. The molecule has 0 radical (unpaired) electrons. The molecule has 0 saturated heterocycles. The molecule has 0 aliphatic heterocycles. The van der Waals surface area contributed by atoms with Crippen molar-refractivity contribution >= 4 is 20.7 Å². The second-order valence-electron chi connectivity index (χ2n) is 8.40. The molecular formula is C26H19F3N4O4S. The van der Waals surface area contributed by atoms with Gasteiger partial charge in [0.2, 0.25) is 5.88 Å². The Hall–Kier alpha value is -4.45. The first-order chi connectivity index (χ1) is 18.1. The highest BCUT2D eigenvalue weighted by Gasteiger charge is 2.46. The smallest absolute Gasteiger partial charge is 0.493 e. The molecule has 0 atom stereocenters. The lowest BCUT2D eigenvalue weighted by Crippen LogP contribution is -2.25. The van der Waals surface area contributed by atoms with Gasteiger partial charge in [-0.2, -0.15) is 13.2 Å². The van der Waals surface area contributed by atoms with Crippen LogP contribution in [0.2, 0.25) is 0 Å². The van der Waals surface area contributed by atoms with Crippen LogP contribution >= 0.6 is 0 Å². The van der Waals surface area contributed by atoms with Crippen molar-refractivity contribution in [2.75, 3.05) is 0 Å². The number of para-hydroxylation sites is 1. The highest BCUT2D eigenvalue weighted by molar-refractivity contribution is 7.92. The Bertz CT molecular complexity index is 1790. The van der Waals surface area contributed by atoms with E-state index in [1.165, 1.54) is 4.57 Å². The second-order valence-corrected chi connectivity index (χ2v) is 10.3. The number of imidazole rings is 1. The number of rotatable bonds is 6. The van der Waals surface area contributed by atoms with Crippen LogP contribution in [0.3, 0.4) is 0 Å². The van der Waals surface area contributed by atoms with Crippen LogP contribution in [0.1, 0.15) is 17.0 Å². The van der Waals surface area contributed by atoms with Gasteiger partial charge in [-0.15, -0.1) is 0 Å². The van der Waals surface area contributed by atoms with Crippen LogP contribution in [-0.4, -0.2) is 38.1 Å². The van der Waals surface area contributed by atoms with Crippen molar-refractivity contribution in [1.82, 2.24) is 19.1 Å². The van der Waals surface area contributed by atoms with Gasteiger partial charge in [-0.3, -0.25) is 14.5 Å². The lowest BCUT2D eigenvalue weighted by atomic mass is 10.1. The zero-order valence-electron chi connectivity index (χ0n) is 19.5. The average Bonchev–Trinajstić information content (AvgIpc) is 3.13. The third kappa shape index (κ3) is 4.43. The first kappa shape index (κ1) is 25.2. The van der Waals surface area contributed by atoms with Gasteiger partial charge in [-0.05, 0) is 54.1 Å². The number of fused-ring (bicyclic) bond motifs is 1. The van der Waals surface area contributed by atoms with Crippen molar-refractivity contribution in [2.24, 2.45) is 0 Å². The number of halogens is 3. The number of sulfone groups is 1. The van der Waals surface area contributed by atoms with E-state index in [1.807, 2.05) is 24.3 Å². The zero-order chi connectivity index (χ0) is 27.1. The molecule has 2 aromatic carbocycles. The molecule has 194 valence electrons. The quantitative estimate of drug-likeness (QED) is 0.346. The minimum Gasteiger partial charge on any atom is -0.493 e. The number of benzene rings is 2. The third-order valence-corrected chi connectivity index (χ3v) is 7.57. The molecule has 0 spiro atoms. The number of hydrogen-bond donors (Lipinski definition) is 1. The fraction of sp³-hybridized carbons (Fsp3) is 0.115. The Morgan fingerprint density at radius 1 is 0.868 bits per heavy atom. The van der Waals surface area contributed by atoms with E-state index >= 15 is 0 Å². The molecule has 1 N–H and O–H groups in total. The van der Waals surface area contributed by atoms with Gasteiger partial charge >= 0.3 is 11.2 Å². The Morgan fingerprint density at radius 3 is 2.26 bits per heavy atom. The van der Waals surface area contributed by atoms with Crippen molar-refractivity contribution in [3.05, 3.63) is 113 Å². The molecule has 8 nitrogen and oxygen atoms in total. The van der Waals surface area contributed by atoms with Crippen molar-refractivity contribution in [3.8, 4) is 11.6 Å². The molecule has 0 bridgehead atoms. The van der Waals surface area contributed by atoms with Crippen LogP contribution in [0.25, 0.3) is 16.6 Å². The summed E-state index contributed by atoms with van der Waals surface area (Å²) >= 11 is 0. The summed E-state index contributed by atoms with van der Waals surface area (Å²) in [7, 11) is -5.57. The Balaban J connectivity index is 1.64. The molecule has 0 unspecified atom stereocenters. The third-order valence-electron chi connectivity index (χ3n) is 6.07. The highest BCUT2D eigenvalue weighted by Crippen LogP contribution is 2.31. The normalized spacial score (nSPS) is 12.2. The summed E-state index contributed by atoms with van der Waals surface area (Å²) in [6.07, 6.45) is 3.26. The van der Waals surface area contributed by atoms with Gasteiger partial charge in [0.25, 0.3) is 9.84 Å². The molecule has 38 heavy (non-hydrogen) atoms. The summed E-state index contributed by atoms with van der Waals surface area (Å²) in [5.41, 5.74) is -3.88. The van der Waals surface area contributed by atoms with Crippen LogP contribution < -0.4 is 5.69 Å². The average molecular weight is 541 g/mol. The van der Waals surface area contributed by atoms with Crippen molar-refractivity contribution < 1.29 is 26.7 Å². The van der Waals surface area contributed by atoms with Crippen LogP contribution in [0, 0.1) is 0 Å². The van der Waals surface area contributed by atoms with Crippen LogP contribution in [0.5, 0.6) is 5.88 Å². The largest absolute Gasteiger partial charge is 0.501 e. The summed E-state index contributed by atoms with van der Waals surface area (Å²) in [4.78, 5) is 21.2. The van der Waals surface area contributed by atoms with Gasteiger partial charge in [0.05, 0.1) is 28.3 Å². The number of alkyl halides is 3. The lowest BCUT2D eigenvalue weighted by Gasteiger charge is -2.10. The van der Waals surface area contributed by atoms with Gasteiger partial charge < -0.3 is 5.11 Å². The van der Waals surface area contributed by atoms with Gasteiger partial charge in [-0.1, -0.05) is 24.3 Å². The van der Waals surface area contributed by atoms with E-state index in [9.17, 15) is 31.5 Å². The van der Waals surface area contributed by atoms with E-state index in [0.717, 1.165) is 45.3 Å². The molecule has 0 aliphatic carbocycles. The summed E-state index contributed by atoms with van der Waals surface area (Å²) in [6, 6.07) is 17.9. The molecule has 0 amide bonds. The predicted octanol–water partition coefficient (Wildman–Crippen LogP) is 4.22. The molecule has 0 fully saturated rings. The number of aromatic nitrogens is 4. The van der Waals surface area contributed by atoms with E-state index in [2.05, 4.69) is 9.97 Å². The van der Waals surface area contributed by atoms with Gasteiger partial charge in [0.15, 0.2) is 0 Å². The fourth-order valence-corrected chi connectivity index (χ4v) is 4.95. The first-order valence-electron chi connectivity index (χ1n) is 11.3. The van der Waals surface area contributed by atoms with Crippen molar-refractivity contribution in [2.45, 2.75) is 23.4 Å². The van der Waals surface area contributed by atoms with E-state index < -0.39 is 31.8 Å². The summed E-state index contributed by atoms with van der Waals surface area (Å²) in [5, 5.41) is 12.0. The molecule has 0 saturated carbocycles. The molecule has 3 aromatic heterocycles. The maximum absolute atomic E-state index is 13.6. The standard InChI is InChI=1S/C26H19F3N4O4S/c27-26(28,29)38(36,37)20-10-8-19(9-11-20)33-24(34)23(15-18-5-3-4-13-30-18)32(25(33)35)16-17-12-14-31-22-7-2-1-6-21(17)22/h1-14,34H,15-16H2. The molecule has 5 rings (SSSR count). The molecule has 0 aliphatic rings. The SMILES string of the molecule is O=c1n(Cc2ccnc3ccccc23)c(Cc2ccccn2)c(O)n1-c1ccc(S(=O)(=O)C(F)(F)F)cc1. The summed E-state index contributed by atoms with van der Waals surface area (Å²) in [5.74, 6) is -0.439. The lowest BCUT2D eigenvalue weighted by molar-refractivity contribution is -0.0436. The Kier molecular flexibility index (Phi) is 6.27. The summed E-state index contributed by atoms with van der Waals surface area (Å²) in [6.45, 7) is 0.0606. The Labute approximate surface area is 214 Å². The van der Waals surface area contributed by atoms with Crippen molar-refractivity contribution in [1.29, 1.82) is 0 Å². The number of aromatic hydroxyl groups is 1. The van der Waals surface area contributed by atoms with E-state index in [4.69, 9.17) is 0 Å². The molecule has 5 aromatic rings. The molecule has 12 heteroatoms. The Morgan fingerprint density at radius 2 is 1.58 bits per heavy atom. The van der Waals surface area contributed by atoms with E-state index in [-0.39, 0.29) is 24.3 Å². The van der Waals surface area contributed by atoms with E-state index in [0.29, 0.717) is 5.69 Å². The number of hydrogen-bond acceptors (Lipinski definition) is 6. The van der Waals surface area contributed by atoms with Crippen LogP contribution in [0.4, 0.5) is 13.2 Å². The monoisotopic (exact) mass is 540 g/mol. The fourth-order valence-electron chi connectivity index (χ4n) is 4.19. The maximum Gasteiger partial charge on any atom is 0.501 e. The zero-order valence-corrected chi connectivity index (χ0v) is 20.3. The number of pyridine rings is 2. The van der Waals surface area contributed by atoms with Gasteiger partial charge in [0.1, 0.15) is 0 Å².